The van der Waals surface area contributed by atoms with Crippen molar-refractivity contribution in [2.24, 2.45) is 5.73 Å². The fourth-order valence-electron chi connectivity index (χ4n) is 2.01. The lowest BCUT2D eigenvalue weighted by molar-refractivity contribution is -0.148. The Morgan fingerprint density at radius 1 is 1.50 bits per heavy atom. The molecule has 2 rings (SSSR count). The van der Waals surface area contributed by atoms with E-state index in [4.69, 9.17) is 5.73 Å². The highest BCUT2D eigenvalue weighted by Crippen LogP contribution is 2.22. The highest BCUT2D eigenvalue weighted by Gasteiger charge is 2.35. The summed E-state index contributed by atoms with van der Waals surface area (Å²) < 4.78 is 4.63. The summed E-state index contributed by atoms with van der Waals surface area (Å²) in [6.45, 7) is -0.459. The molecule has 1 aromatic heterocycles. The zero-order valence-electron chi connectivity index (χ0n) is 10.1. The summed E-state index contributed by atoms with van der Waals surface area (Å²) in [6, 6.07) is 7.71. The number of carbonyl (C=O) groups excluding carboxylic acids is 1. The van der Waals surface area contributed by atoms with Crippen LogP contribution in [0.2, 0.25) is 0 Å². The van der Waals surface area contributed by atoms with Gasteiger partial charge in [0.15, 0.2) is 0 Å². The van der Waals surface area contributed by atoms with Crippen LogP contribution in [-0.2, 0) is 16.0 Å². The summed E-state index contributed by atoms with van der Waals surface area (Å²) in [6.07, 6.45) is 2.02. The van der Waals surface area contributed by atoms with Crippen molar-refractivity contribution in [3.8, 4) is 0 Å². The number of esters is 1. The molecule has 0 saturated heterocycles. The van der Waals surface area contributed by atoms with Gasteiger partial charge in [0.2, 0.25) is 0 Å². The minimum Gasteiger partial charge on any atom is -0.468 e. The number of nitrogens with one attached hydrogen (secondary N) is 1. The van der Waals surface area contributed by atoms with Gasteiger partial charge in [-0.2, -0.15) is 0 Å². The van der Waals surface area contributed by atoms with Crippen LogP contribution in [0.3, 0.4) is 0 Å². The molecule has 18 heavy (non-hydrogen) atoms. The van der Waals surface area contributed by atoms with Gasteiger partial charge in [-0.15, -0.1) is 0 Å². The number of methoxy groups -OCH3 is 1. The van der Waals surface area contributed by atoms with Crippen LogP contribution in [0, 0.1) is 0 Å². The lowest BCUT2D eigenvalue weighted by atomic mass is 9.92. The lowest BCUT2D eigenvalue weighted by Crippen LogP contribution is -2.53. The van der Waals surface area contributed by atoms with Gasteiger partial charge in [0.05, 0.1) is 13.7 Å². The molecule has 96 valence electrons. The Bertz CT molecular complexity index is 564. The van der Waals surface area contributed by atoms with Crippen molar-refractivity contribution in [2.75, 3.05) is 13.7 Å². The maximum Gasteiger partial charge on any atom is 0.328 e. The van der Waals surface area contributed by atoms with Crippen molar-refractivity contribution in [1.29, 1.82) is 0 Å². The topological polar surface area (TPSA) is 88.3 Å². The molecule has 0 bridgehead atoms. The van der Waals surface area contributed by atoms with Gasteiger partial charge in [0.25, 0.3) is 0 Å². The van der Waals surface area contributed by atoms with E-state index in [-0.39, 0.29) is 6.42 Å². The molecule has 4 N–H and O–H groups in total. The van der Waals surface area contributed by atoms with Gasteiger partial charge in [0, 0.05) is 23.5 Å². The molecular weight excluding hydrogens is 232 g/mol. The second-order valence-electron chi connectivity index (χ2n) is 4.34. The molecule has 0 saturated carbocycles. The predicted octanol–water partition coefficient (Wildman–Crippen LogP) is 0.573. The Morgan fingerprint density at radius 3 is 2.89 bits per heavy atom. The van der Waals surface area contributed by atoms with Crippen LogP contribution in [0.1, 0.15) is 5.56 Å². The van der Waals surface area contributed by atoms with E-state index in [2.05, 4.69) is 9.72 Å². The van der Waals surface area contributed by atoms with Crippen LogP contribution >= 0.6 is 0 Å². The van der Waals surface area contributed by atoms with Crippen molar-refractivity contribution in [2.45, 2.75) is 12.0 Å². The molecule has 5 heteroatoms. The van der Waals surface area contributed by atoms with Crippen molar-refractivity contribution < 1.29 is 14.6 Å². The highest BCUT2D eigenvalue weighted by molar-refractivity contribution is 5.86. The van der Waals surface area contributed by atoms with E-state index >= 15 is 0 Å². The molecule has 2 aromatic rings. The molecule has 0 aliphatic rings. The minimum absolute atomic E-state index is 0.222. The SMILES string of the molecule is COC(=O)C(N)(CO)Cc1c[nH]c2ccccc12. The van der Waals surface area contributed by atoms with Gasteiger partial charge < -0.3 is 20.6 Å². The normalized spacial score (nSPS) is 14.4. The maximum atomic E-state index is 11.6. The molecule has 1 atom stereocenters. The Kier molecular flexibility index (Phi) is 3.36. The molecule has 5 nitrogen and oxygen atoms in total. The average molecular weight is 248 g/mol. The molecule has 0 fully saturated rings. The predicted molar refractivity (Wildman–Crippen MR) is 68.0 cm³/mol. The zero-order valence-corrected chi connectivity index (χ0v) is 10.1. The second kappa shape index (κ2) is 4.80. The van der Waals surface area contributed by atoms with Gasteiger partial charge in [0.1, 0.15) is 5.54 Å². The van der Waals surface area contributed by atoms with Crippen LogP contribution < -0.4 is 5.73 Å². The Balaban J connectivity index is 2.35. The fraction of sp³-hybridized carbons (Fsp3) is 0.308. The summed E-state index contributed by atoms with van der Waals surface area (Å²) >= 11 is 0. The molecule has 0 aliphatic carbocycles. The van der Waals surface area contributed by atoms with Crippen LogP contribution in [-0.4, -0.2) is 35.3 Å². The second-order valence-corrected chi connectivity index (χ2v) is 4.34. The molecule has 0 aliphatic heterocycles. The van der Waals surface area contributed by atoms with Gasteiger partial charge >= 0.3 is 5.97 Å². The third-order valence-electron chi connectivity index (χ3n) is 3.05. The molecule has 0 radical (unpaired) electrons. The number of fused-ring (bicyclic) bond motifs is 1. The maximum absolute atomic E-state index is 11.6. The zero-order chi connectivity index (χ0) is 13.2. The number of rotatable bonds is 4. The summed E-state index contributed by atoms with van der Waals surface area (Å²) in [5, 5.41) is 10.3. The summed E-state index contributed by atoms with van der Waals surface area (Å²) in [5.41, 5.74) is 6.34. The van der Waals surface area contributed by atoms with Crippen LogP contribution in [0.25, 0.3) is 10.9 Å². The van der Waals surface area contributed by atoms with Gasteiger partial charge in [-0.25, -0.2) is 4.79 Å². The Morgan fingerprint density at radius 2 is 2.22 bits per heavy atom. The van der Waals surface area contributed by atoms with Crippen LogP contribution in [0.4, 0.5) is 0 Å². The van der Waals surface area contributed by atoms with E-state index in [9.17, 15) is 9.90 Å². The van der Waals surface area contributed by atoms with Gasteiger partial charge in [-0.3, -0.25) is 0 Å². The molecule has 0 spiro atoms. The number of benzene rings is 1. The average Bonchev–Trinajstić information content (AvgIpc) is 2.81. The van der Waals surface area contributed by atoms with Crippen molar-refractivity contribution >= 4 is 16.9 Å². The fourth-order valence-corrected chi connectivity index (χ4v) is 2.01. The Hall–Kier alpha value is -1.85. The quantitative estimate of drug-likeness (QED) is 0.690. The number of hydrogen-bond donors (Lipinski definition) is 3. The van der Waals surface area contributed by atoms with Crippen molar-refractivity contribution in [3.63, 3.8) is 0 Å². The summed E-state index contributed by atoms with van der Waals surface area (Å²) in [5.74, 6) is -0.615. The molecule has 1 unspecified atom stereocenters. The largest absolute Gasteiger partial charge is 0.468 e. The van der Waals surface area contributed by atoms with Crippen molar-refractivity contribution in [3.05, 3.63) is 36.0 Å². The van der Waals surface area contributed by atoms with Crippen molar-refractivity contribution in [1.82, 2.24) is 4.98 Å². The number of aromatic nitrogens is 1. The number of aliphatic hydroxyl groups excluding tert-OH is 1. The molecular formula is C13H16N2O3. The highest BCUT2D eigenvalue weighted by atomic mass is 16.5. The number of nitrogens with two attached hydrogens (primary N) is 1. The van der Waals surface area contributed by atoms with E-state index in [1.807, 2.05) is 24.3 Å². The molecule has 1 heterocycles. The summed E-state index contributed by atoms with van der Waals surface area (Å²) in [7, 11) is 1.26. The first-order valence-corrected chi connectivity index (χ1v) is 5.64. The number of hydrogen-bond acceptors (Lipinski definition) is 4. The number of para-hydroxylation sites is 1. The number of ether oxygens (including phenoxy) is 1. The first-order chi connectivity index (χ1) is 8.60. The monoisotopic (exact) mass is 248 g/mol. The van der Waals surface area contributed by atoms with E-state index in [0.29, 0.717) is 0 Å². The molecule has 1 aromatic carbocycles. The smallest absolute Gasteiger partial charge is 0.328 e. The number of aromatic amines is 1. The van der Waals surface area contributed by atoms with Gasteiger partial charge in [-0.05, 0) is 11.6 Å². The standard InChI is InChI=1S/C13H16N2O3/c1-18-12(17)13(14,8-16)6-9-7-15-11-5-3-2-4-10(9)11/h2-5,7,15-16H,6,8,14H2,1H3. The summed E-state index contributed by atoms with van der Waals surface area (Å²) in [4.78, 5) is 14.7. The third-order valence-corrected chi connectivity index (χ3v) is 3.05. The number of carbonyl (C=O) groups is 1. The number of aliphatic hydroxyl groups is 1. The molecule has 0 amide bonds. The first-order valence-electron chi connectivity index (χ1n) is 5.64. The van der Waals surface area contributed by atoms with Crippen LogP contribution in [0.5, 0.6) is 0 Å². The lowest BCUT2D eigenvalue weighted by Gasteiger charge is -2.23. The Labute approximate surface area is 105 Å². The van der Waals surface area contributed by atoms with E-state index in [1.54, 1.807) is 6.20 Å². The van der Waals surface area contributed by atoms with E-state index in [1.165, 1.54) is 7.11 Å². The van der Waals surface area contributed by atoms with Gasteiger partial charge in [-0.1, -0.05) is 18.2 Å². The van der Waals surface area contributed by atoms with Crippen LogP contribution in [0.15, 0.2) is 30.5 Å². The van der Waals surface area contributed by atoms with E-state index in [0.717, 1.165) is 16.5 Å². The first kappa shape index (κ1) is 12.6. The number of H-pyrrole nitrogens is 1. The van der Waals surface area contributed by atoms with E-state index < -0.39 is 18.1 Å². The minimum atomic E-state index is -1.40. The third kappa shape index (κ3) is 2.10.